The van der Waals surface area contributed by atoms with Crippen molar-refractivity contribution in [2.45, 2.75) is 6.61 Å². The molecule has 31 heavy (non-hydrogen) atoms. The molecule has 4 aromatic carbocycles. The van der Waals surface area contributed by atoms with Gasteiger partial charge in [0.1, 0.15) is 12.4 Å². The number of hydrogen-bond donors (Lipinski definition) is 1. The summed E-state index contributed by atoms with van der Waals surface area (Å²) < 4.78 is 6.06. The normalized spacial score (nSPS) is 11.0. The number of rotatable bonds is 6. The zero-order valence-electron chi connectivity index (χ0n) is 16.4. The van der Waals surface area contributed by atoms with E-state index in [9.17, 15) is 4.79 Å². The lowest BCUT2D eigenvalue weighted by Gasteiger charge is -2.12. The molecule has 1 N–H and O–H groups in total. The van der Waals surface area contributed by atoms with Crippen LogP contribution in [-0.2, 0) is 6.61 Å². The van der Waals surface area contributed by atoms with E-state index in [4.69, 9.17) is 27.9 Å². The molecule has 0 heterocycles. The number of halogens is 2. The molecule has 0 saturated heterocycles. The van der Waals surface area contributed by atoms with Crippen LogP contribution in [0.4, 0.5) is 0 Å². The van der Waals surface area contributed by atoms with Gasteiger partial charge in [-0.05, 0) is 58.8 Å². The average molecular weight is 449 g/mol. The molecule has 0 aliphatic heterocycles. The third-order valence-corrected chi connectivity index (χ3v) is 5.21. The van der Waals surface area contributed by atoms with Gasteiger partial charge in [-0.15, -0.1) is 0 Å². The van der Waals surface area contributed by atoms with Gasteiger partial charge < -0.3 is 4.74 Å². The number of carbonyl (C=O) groups is 1. The number of hydrogen-bond acceptors (Lipinski definition) is 3. The van der Waals surface area contributed by atoms with Crippen molar-refractivity contribution in [2.24, 2.45) is 5.10 Å². The molecule has 4 aromatic rings. The molecule has 0 unspecified atom stereocenters. The van der Waals surface area contributed by atoms with Crippen LogP contribution in [0.15, 0.2) is 90.0 Å². The highest BCUT2D eigenvalue weighted by Crippen LogP contribution is 2.27. The van der Waals surface area contributed by atoms with Gasteiger partial charge in [0.25, 0.3) is 5.91 Å². The quantitative estimate of drug-likeness (QED) is 0.270. The molecule has 0 saturated carbocycles. The zero-order chi connectivity index (χ0) is 21.6. The van der Waals surface area contributed by atoms with Crippen molar-refractivity contribution in [3.63, 3.8) is 0 Å². The van der Waals surface area contributed by atoms with Crippen LogP contribution in [0.2, 0.25) is 10.0 Å². The Hall–Kier alpha value is -3.34. The van der Waals surface area contributed by atoms with E-state index in [1.54, 1.807) is 30.5 Å². The monoisotopic (exact) mass is 448 g/mol. The maximum atomic E-state index is 12.3. The standard InChI is InChI=1S/C25H18Cl2N2O2/c26-20-10-5-17(6-11-20)16-31-24-14-9-18-3-1-2-4-22(18)23(24)15-28-29-25(30)19-7-12-21(27)13-8-19/h1-15H,16H2,(H,29,30)/b28-15+. The Morgan fingerprint density at radius 3 is 2.29 bits per heavy atom. The van der Waals surface area contributed by atoms with Gasteiger partial charge in [-0.1, -0.05) is 65.7 Å². The van der Waals surface area contributed by atoms with Crippen molar-refractivity contribution < 1.29 is 9.53 Å². The fourth-order valence-corrected chi connectivity index (χ4v) is 3.35. The number of benzene rings is 4. The van der Waals surface area contributed by atoms with E-state index in [2.05, 4.69) is 10.5 Å². The van der Waals surface area contributed by atoms with Gasteiger partial charge >= 0.3 is 0 Å². The van der Waals surface area contributed by atoms with Crippen molar-refractivity contribution in [2.75, 3.05) is 0 Å². The molecule has 0 aliphatic rings. The number of ether oxygens (including phenoxy) is 1. The molecule has 0 aliphatic carbocycles. The van der Waals surface area contributed by atoms with E-state index in [-0.39, 0.29) is 5.91 Å². The predicted molar refractivity (Wildman–Crippen MR) is 126 cm³/mol. The number of nitrogens with one attached hydrogen (secondary N) is 1. The lowest BCUT2D eigenvalue weighted by atomic mass is 10.0. The summed E-state index contributed by atoms with van der Waals surface area (Å²) in [5.74, 6) is 0.343. The molecule has 4 rings (SSSR count). The zero-order valence-corrected chi connectivity index (χ0v) is 17.9. The largest absolute Gasteiger partial charge is 0.488 e. The molecule has 0 fully saturated rings. The van der Waals surface area contributed by atoms with Gasteiger partial charge in [-0.2, -0.15) is 5.10 Å². The first kappa shape index (κ1) is 20.9. The van der Waals surface area contributed by atoms with Crippen molar-refractivity contribution in [1.29, 1.82) is 0 Å². The summed E-state index contributed by atoms with van der Waals surface area (Å²) >= 11 is 11.8. The minimum Gasteiger partial charge on any atom is -0.488 e. The number of hydrazone groups is 1. The minimum atomic E-state index is -0.322. The molecule has 4 nitrogen and oxygen atoms in total. The van der Waals surface area contributed by atoms with Crippen LogP contribution in [0.25, 0.3) is 10.8 Å². The Bertz CT molecular complexity index is 1240. The maximum absolute atomic E-state index is 12.3. The molecule has 0 spiro atoms. The second kappa shape index (κ2) is 9.65. The Balaban J connectivity index is 1.57. The maximum Gasteiger partial charge on any atom is 0.271 e. The highest BCUT2D eigenvalue weighted by atomic mass is 35.5. The van der Waals surface area contributed by atoms with Crippen molar-refractivity contribution in [1.82, 2.24) is 5.43 Å². The molecular weight excluding hydrogens is 431 g/mol. The second-order valence-corrected chi connectivity index (χ2v) is 7.69. The Kier molecular flexibility index (Phi) is 6.51. The van der Waals surface area contributed by atoms with Gasteiger partial charge in [0.15, 0.2) is 0 Å². The molecule has 0 bridgehead atoms. The average Bonchev–Trinajstić information content (AvgIpc) is 2.79. The molecule has 1 amide bonds. The van der Waals surface area contributed by atoms with E-state index in [0.717, 1.165) is 21.9 Å². The third kappa shape index (κ3) is 5.23. The van der Waals surface area contributed by atoms with Crippen molar-refractivity contribution in [3.8, 4) is 5.75 Å². The van der Waals surface area contributed by atoms with Crippen LogP contribution in [0.3, 0.4) is 0 Å². The number of nitrogens with zero attached hydrogens (tertiary/aromatic N) is 1. The number of carbonyl (C=O) groups excluding carboxylic acids is 1. The lowest BCUT2D eigenvalue weighted by molar-refractivity contribution is 0.0955. The Morgan fingerprint density at radius 2 is 1.55 bits per heavy atom. The van der Waals surface area contributed by atoms with Crippen molar-refractivity contribution in [3.05, 3.63) is 112 Å². The van der Waals surface area contributed by atoms with E-state index in [1.807, 2.05) is 60.7 Å². The molecule has 0 atom stereocenters. The molecule has 0 aromatic heterocycles. The summed E-state index contributed by atoms with van der Waals surface area (Å²) in [6.07, 6.45) is 1.60. The van der Waals surface area contributed by atoms with E-state index < -0.39 is 0 Å². The SMILES string of the molecule is O=C(N/N=C/c1c(OCc2ccc(Cl)cc2)ccc2ccccc12)c1ccc(Cl)cc1. The fourth-order valence-electron chi connectivity index (χ4n) is 3.10. The molecule has 154 valence electrons. The second-order valence-electron chi connectivity index (χ2n) is 6.82. The lowest BCUT2D eigenvalue weighted by Crippen LogP contribution is -2.17. The topological polar surface area (TPSA) is 50.7 Å². The smallest absolute Gasteiger partial charge is 0.271 e. The minimum absolute atomic E-state index is 0.322. The highest BCUT2D eigenvalue weighted by Gasteiger charge is 2.09. The summed E-state index contributed by atoms with van der Waals surface area (Å²) in [4.78, 5) is 12.3. The van der Waals surface area contributed by atoms with E-state index in [1.165, 1.54) is 0 Å². The highest BCUT2D eigenvalue weighted by molar-refractivity contribution is 6.30. The van der Waals surface area contributed by atoms with Crippen LogP contribution in [0.5, 0.6) is 5.75 Å². The summed E-state index contributed by atoms with van der Waals surface area (Å²) in [5, 5.41) is 7.43. The predicted octanol–water partition coefficient (Wildman–Crippen LogP) is 6.49. The van der Waals surface area contributed by atoms with Gasteiger partial charge in [0.2, 0.25) is 0 Å². The van der Waals surface area contributed by atoms with E-state index >= 15 is 0 Å². The number of amides is 1. The van der Waals surface area contributed by atoms with Gasteiger partial charge in [-0.25, -0.2) is 5.43 Å². The summed E-state index contributed by atoms with van der Waals surface area (Å²) in [5.41, 5.74) is 4.80. The molecule has 0 radical (unpaired) electrons. The van der Waals surface area contributed by atoms with Crippen LogP contribution >= 0.6 is 23.2 Å². The Labute approximate surface area is 190 Å². The number of fused-ring (bicyclic) bond motifs is 1. The Morgan fingerprint density at radius 1 is 0.871 bits per heavy atom. The first-order valence-electron chi connectivity index (χ1n) is 9.58. The van der Waals surface area contributed by atoms with Crippen LogP contribution < -0.4 is 10.2 Å². The van der Waals surface area contributed by atoms with Crippen molar-refractivity contribution >= 4 is 46.1 Å². The van der Waals surface area contributed by atoms with Gasteiger partial charge in [0, 0.05) is 21.2 Å². The fraction of sp³-hybridized carbons (Fsp3) is 0.0400. The summed E-state index contributed by atoms with van der Waals surface area (Å²) in [7, 11) is 0. The summed E-state index contributed by atoms with van der Waals surface area (Å²) in [6.45, 7) is 0.382. The first-order valence-corrected chi connectivity index (χ1v) is 10.3. The van der Waals surface area contributed by atoms with Gasteiger partial charge in [-0.3, -0.25) is 4.79 Å². The first-order chi connectivity index (χ1) is 15.1. The van der Waals surface area contributed by atoms with E-state index in [0.29, 0.717) is 28.0 Å². The molecular formula is C25H18Cl2N2O2. The van der Waals surface area contributed by atoms with Crippen LogP contribution in [-0.4, -0.2) is 12.1 Å². The van der Waals surface area contributed by atoms with Crippen LogP contribution in [0.1, 0.15) is 21.5 Å². The van der Waals surface area contributed by atoms with Gasteiger partial charge in [0.05, 0.1) is 6.21 Å². The third-order valence-electron chi connectivity index (χ3n) is 4.70. The molecule has 6 heteroatoms. The van der Waals surface area contributed by atoms with Crippen LogP contribution in [0, 0.1) is 0 Å². The summed E-state index contributed by atoms with van der Waals surface area (Å²) in [6, 6.07) is 25.9.